The molecule has 1 saturated heterocycles. The number of hydrogen-bond acceptors (Lipinski definition) is 4. The Hall–Kier alpha value is -1.07. The summed E-state index contributed by atoms with van der Waals surface area (Å²) in [6.45, 7) is 11.7. The molecule has 3 rings (SSSR count). The van der Waals surface area contributed by atoms with E-state index in [1.807, 2.05) is 20.8 Å². The molecule has 5 heteroatoms. The number of morpholine rings is 1. The molecule has 0 radical (unpaired) electrons. The molecule has 0 spiro atoms. The van der Waals surface area contributed by atoms with Gasteiger partial charge >= 0.3 is 0 Å². The van der Waals surface area contributed by atoms with Crippen molar-refractivity contribution in [1.82, 2.24) is 0 Å². The van der Waals surface area contributed by atoms with Gasteiger partial charge in [0.05, 0.1) is 22.7 Å². The normalized spacial score (nSPS) is 28.5. The van der Waals surface area contributed by atoms with Gasteiger partial charge in [0.15, 0.2) is 9.84 Å². The van der Waals surface area contributed by atoms with E-state index in [0.29, 0.717) is 11.7 Å². The number of benzene rings is 1. The Bertz CT molecular complexity index is 764. The number of rotatable bonds is 6. The van der Waals surface area contributed by atoms with Crippen LogP contribution in [0.4, 0.5) is 5.69 Å². The minimum absolute atomic E-state index is 0.280. The monoisotopic (exact) mass is 435 g/mol. The molecule has 4 nitrogen and oxygen atoms in total. The van der Waals surface area contributed by atoms with E-state index in [-0.39, 0.29) is 12.2 Å². The number of aryl methyl sites for hydroxylation is 1. The van der Waals surface area contributed by atoms with E-state index in [4.69, 9.17) is 4.74 Å². The van der Waals surface area contributed by atoms with Gasteiger partial charge in [-0.05, 0) is 89.8 Å². The number of sulfone groups is 1. The van der Waals surface area contributed by atoms with Gasteiger partial charge in [-0.1, -0.05) is 25.0 Å². The summed E-state index contributed by atoms with van der Waals surface area (Å²) in [4.78, 5) is 2.43. The van der Waals surface area contributed by atoms with Crippen molar-refractivity contribution >= 4 is 15.5 Å². The summed E-state index contributed by atoms with van der Waals surface area (Å²) in [5.74, 6) is 1.45. The molecule has 1 heterocycles. The highest BCUT2D eigenvalue weighted by molar-refractivity contribution is 7.92. The molecule has 2 atom stereocenters. The Kier molecular flexibility index (Phi) is 7.55. The minimum atomic E-state index is -3.00. The van der Waals surface area contributed by atoms with Gasteiger partial charge in [-0.25, -0.2) is 8.42 Å². The van der Waals surface area contributed by atoms with Crippen LogP contribution in [0.2, 0.25) is 0 Å². The highest BCUT2D eigenvalue weighted by atomic mass is 32.2. The first-order valence-corrected chi connectivity index (χ1v) is 13.4. The van der Waals surface area contributed by atoms with Gasteiger partial charge in [0.1, 0.15) is 0 Å². The number of ether oxygens (including phenoxy) is 1. The van der Waals surface area contributed by atoms with Crippen molar-refractivity contribution in [3.63, 3.8) is 0 Å². The first kappa shape index (κ1) is 23.6. The predicted molar refractivity (Wildman–Crippen MR) is 126 cm³/mol. The first-order valence-electron chi connectivity index (χ1n) is 11.7. The quantitative estimate of drug-likeness (QED) is 0.612. The summed E-state index contributed by atoms with van der Waals surface area (Å²) in [6, 6.07) is 9.08. The van der Waals surface area contributed by atoms with Gasteiger partial charge in [0.2, 0.25) is 0 Å². The third-order valence-corrected chi connectivity index (χ3v) is 9.69. The maximum absolute atomic E-state index is 12.5. The highest BCUT2D eigenvalue weighted by Gasteiger charge is 2.33. The molecule has 1 aromatic carbocycles. The van der Waals surface area contributed by atoms with Crippen LogP contribution in [0.3, 0.4) is 0 Å². The Balaban J connectivity index is 1.44. The summed E-state index contributed by atoms with van der Waals surface area (Å²) in [7, 11) is -3.00. The Morgan fingerprint density at radius 3 is 2.00 bits per heavy atom. The second-order valence-corrected chi connectivity index (χ2v) is 13.4. The number of hydrogen-bond donors (Lipinski definition) is 0. The molecule has 0 N–H and O–H groups in total. The van der Waals surface area contributed by atoms with Crippen LogP contribution in [-0.2, 0) is 21.0 Å². The van der Waals surface area contributed by atoms with E-state index in [1.165, 1.54) is 30.5 Å². The molecule has 2 fully saturated rings. The van der Waals surface area contributed by atoms with E-state index in [1.54, 1.807) is 0 Å². The van der Waals surface area contributed by atoms with Crippen molar-refractivity contribution in [3.05, 3.63) is 29.8 Å². The van der Waals surface area contributed by atoms with Gasteiger partial charge in [-0.2, -0.15) is 0 Å². The largest absolute Gasteiger partial charge is 0.372 e. The van der Waals surface area contributed by atoms with E-state index in [9.17, 15) is 8.42 Å². The lowest BCUT2D eigenvalue weighted by molar-refractivity contribution is -0.00521. The Labute approximate surface area is 184 Å². The maximum Gasteiger partial charge on any atom is 0.155 e. The Morgan fingerprint density at radius 1 is 0.933 bits per heavy atom. The second kappa shape index (κ2) is 9.60. The van der Waals surface area contributed by atoms with E-state index in [0.717, 1.165) is 38.3 Å². The molecule has 0 aromatic heterocycles. The van der Waals surface area contributed by atoms with Gasteiger partial charge in [-0.3, -0.25) is 0 Å². The first-order chi connectivity index (χ1) is 14.0. The molecule has 0 amide bonds. The Morgan fingerprint density at radius 2 is 1.47 bits per heavy atom. The van der Waals surface area contributed by atoms with Crippen LogP contribution in [0.1, 0.15) is 72.3 Å². The van der Waals surface area contributed by atoms with Crippen molar-refractivity contribution in [2.45, 2.75) is 90.1 Å². The molecule has 1 saturated carbocycles. The fourth-order valence-corrected chi connectivity index (χ4v) is 6.33. The van der Waals surface area contributed by atoms with Crippen molar-refractivity contribution in [2.75, 3.05) is 23.7 Å². The SMILES string of the molecule is C[C@@H]1CN(c2ccc(CCC3CCC(CS(=O)(=O)C(C)(C)C)CC3)cc2)C[C@H](C)O1. The van der Waals surface area contributed by atoms with Gasteiger partial charge < -0.3 is 9.64 Å². The molecule has 30 heavy (non-hydrogen) atoms. The van der Waals surface area contributed by atoms with Crippen LogP contribution >= 0.6 is 0 Å². The molecule has 1 aliphatic heterocycles. The molecule has 2 aliphatic rings. The van der Waals surface area contributed by atoms with E-state index < -0.39 is 14.6 Å². The highest BCUT2D eigenvalue weighted by Crippen LogP contribution is 2.34. The molecular weight excluding hydrogens is 394 g/mol. The van der Waals surface area contributed by atoms with Crippen LogP contribution in [0.25, 0.3) is 0 Å². The summed E-state index contributed by atoms with van der Waals surface area (Å²) >= 11 is 0. The lowest BCUT2D eigenvalue weighted by atomic mass is 9.80. The van der Waals surface area contributed by atoms with Crippen LogP contribution in [-0.4, -0.2) is 44.2 Å². The van der Waals surface area contributed by atoms with E-state index >= 15 is 0 Å². The molecule has 0 unspecified atom stereocenters. The van der Waals surface area contributed by atoms with Crippen LogP contribution < -0.4 is 4.90 Å². The smallest absolute Gasteiger partial charge is 0.155 e. The topological polar surface area (TPSA) is 46.6 Å². The van der Waals surface area contributed by atoms with Gasteiger partial charge in [0.25, 0.3) is 0 Å². The zero-order chi connectivity index (χ0) is 21.9. The molecule has 1 aromatic rings. The average Bonchev–Trinajstić information content (AvgIpc) is 2.66. The molecule has 1 aliphatic carbocycles. The molecular formula is C25H41NO3S. The third kappa shape index (κ3) is 6.23. The van der Waals surface area contributed by atoms with Crippen LogP contribution in [0, 0.1) is 11.8 Å². The summed E-state index contributed by atoms with van der Waals surface area (Å²) in [5.41, 5.74) is 2.70. The number of anilines is 1. The lowest BCUT2D eigenvalue weighted by Gasteiger charge is -2.37. The minimum Gasteiger partial charge on any atom is -0.372 e. The third-order valence-electron chi connectivity index (χ3n) is 6.92. The molecule has 0 bridgehead atoms. The van der Waals surface area contributed by atoms with Crippen molar-refractivity contribution in [3.8, 4) is 0 Å². The summed E-state index contributed by atoms with van der Waals surface area (Å²) < 4.78 is 30.2. The van der Waals surface area contributed by atoms with Crippen LogP contribution in [0.15, 0.2) is 24.3 Å². The average molecular weight is 436 g/mol. The molecule has 170 valence electrons. The predicted octanol–water partition coefficient (Wildman–Crippen LogP) is 5.25. The fourth-order valence-electron chi connectivity index (χ4n) is 4.88. The summed E-state index contributed by atoms with van der Waals surface area (Å²) in [6.07, 6.45) is 7.36. The number of nitrogens with zero attached hydrogens (tertiary/aromatic N) is 1. The summed E-state index contributed by atoms with van der Waals surface area (Å²) in [5, 5.41) is 0. The van der Waals surface area contributed by atoms with Crippen LogP contribution in [0.5, 0.6) is 0 Å². The lowest BCUT2D eigenvalue weighted by Crippen LogP contribution is -2.45. The van der Waals surface area contributed by atoms with Crippen molar-refractivity contribution < 1.29 is 13.2 Å². The fraction of sp³-hybridized carbons (Fsp3) is 0.760. The van der Waals surface area contributed by atoms with Gasteiger partial charge in [0, 0.05) is 18.8 Å². The second-order valence-electron chi connectivity index (χ2n) is 10.6. The zero-order valence-electron chi connectivity index (χ0n) is 19.6. The zero-order valence-corrected chi connectivity index (χ0v) is 20.4. The van der Waals surface area contributed by atoms with Crippen molar-refractivity contribution in [2.24, 2.45) is 11.8 Å². The standard InChI is InChI=1S/C25H41NO3S/c1-19-16-26(17-20(2)29-19)24-14-12-22(13-15-24)7-6-21-8-10-23(11-9-21)18-30(27,28)25(3,4)5/h12-15,19-21,23H,6-11,16-18H2,1-5H3/t19-,20+,21?,23?. The van der Waals surface area contributed by atoms with Crippen molar-refractivity contribution in [1.29, 1.82) is 0 Å². The maximum atomic E-state index is 12.5. The van der Waals surface area contributed by atoms with Gasteiger partial charge in [-0.15, -0.1) is 0 Å². The van der Waals surface area contributed by atoms with E-state index in [2.05, 4.69) is 43.0 Å².